The van der Waals surface area contributed by atoms with E-state index in [1.54, 1.807) is 6.92 Å². The van der Waals surface area contributed by atoms with Gasteiger partial charge in [0.1, 0.15) is 23.2 Å². The molecule has 0 radical (unpaired) electrons. The first kappa shape index (κ1) is 21.5. The Morgan fingerprint density at radius 2 is 1.10 bits per heavy atom. The van der Waals surface area contributed by atoms with E-state index in [4.69, 9.17) is 0 Å². The highest BCUT2D eigenvalue weighted by atomic mass is 31.2. The van der Waals surface area contributed by atoms with E-state index in [0.717, 1.165) is 25.4 Å². The van der Waals surface area contributed by atoms with Crippen LogP contribution in [0, 0.1) is 0 Å². The van der Waals surface area contributed by atoms with Crippen LogP contribution in [0.4, 0.5) is 4.39 Å². The molecule has 0 aliphatic rings. The van der Waals surface area contributed by atoms with Gasteiger partial charge in [0.2, 0.25) is 0 Å². The van der Waals surface area contributed by atoms with Crippen LogP contribution in [0.2, 0.25) is 0 Å². The Hall–Kier alpha value is -2.24. The van der Waals surface area contributed by atoms with Gasteiger partial charge in [-0.05, 0) is 62.6 Å². The molecule has 29 heavy (non-hydrogen) atoms. The van der Waals surface area contributed by atoms with Gasteiger partial charge in [0, 0.05) is 6.42 Å². The molecule has 3 rings (SSSR count). The summed E-state index contributed by atoms with van der Waals surface area (Å²) in [5.41, 5.74) is 0. The van der Waals surface area contributed by atoms with Gasteiger partial charge in [0.25, 0.3) is 0 Å². The van der Waals surface area contributed by atoms with Crippen molar-refractivity contribution >= 4 is 23.2 Å². The lowest BCUT2D eigenvalue weighted by Crippen LogP contribution is -2.33. The zero-order chi connectivity index (χ0) is 20.4. The molecule has 1 unspecified atom stereocenters. The Balaban J connectivity index is 1.92. The van der Waals surface area contributed by atoms with E-state index in [9.17, 15) is 4.39 Å². The number of hydrogen-bond acceptors (Lipinski definition) is 0. The summed E-state index contributed by atoms with van der Waals surface area (Å²) in [6.45, 7) is 1.64. The average Bonchev–Trinajstić information content (AvgIpc) is 2.77. The van der Waals surface area contributed by atoms with Gasteiger partial charge in [-0.15, -0.1) is 0 Å². The molecule has 0 saturated carbocycles. The van der Waals surface area contributed by atoms with Crippen molar-refractivity contribution in [3.63, 3.8) is 0 Å². The quantitative estimate of drug-likeness (QED) is 0.206. The molecule has 0 saturated heterocycles. The minimum absolute atomic E-state index is 0.652. The van der Waals surface area contributed by atoms with E-state index >= 15 is 0 Å². The fraction of sp³-hybridized carbons (Fsp3) is 0.259. The van der Waals surface area contributed by atoms with Crippen LogP contribution in [0.15, 0.2) is 103 Å². The SMILES string of the molecule is CC(F)CCC/C=C\CC[P+](c1ccccc1)(c1ccccc1)c1ccccc1. The second-order valence-electron chi connectivity index (χ2n) is 7.51. The molecular weight excluding hydrogens is 374 g/mol. The molecule has 3 aromatic rings. The monoisotopic (exact) mass is 405 g/mol. The Kier molecular flexibility index (Phi) is 8.20. The van der Waals surface area contributed by atoms with Crippen LogP contribution in [0.3, 0.4) is 0 Å². The van der Waals surface area contributed by atoms with E-state index in [2.05, 4.69) is 103 Å². The van der Waals surface area contributed by atoms with Crippen molar-refractivity contribution < 1.29 is 4.39 Å². The molecule has 2 heteroatoms. The van der Waals surface area contributed by atoms with Crippen LogP contribution in [0.1, 0.15) is 32.6 Å². The topological polar surface area (TPSA) is 0 Å². The van der Waals surface area contributed by atoms with Gasteiger partial charge in [0.05, 0.1) is 12.3 Å². The molecule has 0 amide bonds. The summed E-state index contributed by atoms with van der Waals surface area (Å²) in [5.74, 6) is 0. The minimum Gasteiger partial charge on any atom is -0.248 e. The smallest absolute Gasteiger partial charge is 0.112 e. The largest absolute Gasteiger partial charge is 0.248 e. The van der Waals surface area contributed by atoms with Crippen LogP contribution in [0.25, 0.3) is 0 Å². The second kappa shape index (κ2) is 11.1. The van der Waals surface area contributed by atoms with Crippen LogP contribution in [0.5, 0.6) is 0 Å². The molecular formula is C27H31FP+. The Labute approximate surface area is 175 Å². The van der Waals surface area contributed by atoms with E-state index in [1.165, 1.54) is 15.9 Å². The van der Waals surface area contributed by atoms with Gasteiger partial charge in [-0.25, -0.2) is 4.39 Å². The van der Waals surface area contributed by atoms with Gasteiger partial charge in [0.15, 0.2) is 0 Å². The summed E-state index contributed by atoms with van der Waals surface area (Å²) in [7, 11) is -1.74. The van der Waals surface area contributed by atoms with Crippen molar-refractivity contribution in [1.82, 2.24) is 0 Å². The summed E-state index contributed by atoms with van der Waals surface area (Å²) in [6.07, 6.45) is 8.49. The highest BCUT2D eigenvalue weighted by Crippen LogP contribution is 2.55. The lowest BCUT2D eigenvalue weighted by Gasteiger charge is -2.27. The fourth-order valence-corrected chi connectivity index (χ4v) is 8.15. The molecule has 0 N–H and O–H groups in total. The normalized spacial score (nSPS) is 12.9. The van der Waals surface area contributed by atoms with Crippen LogP contribution >= 0.6 is 7.26 Å². The predicted molar refractivity (Wildman–Crippen MR) is 128 cm³/mol. The maximum Gasteiger partial charge on any atom is 0.112 e. The number of rotatable bonds is 10. The summed E-state index contributed by atoms with van der Waals surface area (Å²) in [5, 5.41) is 4.28. The molecule has 0 nitrogen and oxygen atoms in total. The molecule has 150 valence electrons. The molecule has 0 aliphatic carbocycles. The summed E-state index contributed by atoms with van der Waals surface area (Å²) >= 11 is 0. The molecule has 0 aliphatic heterocycles. The molecule has 0 bridgehead atoms. The van der Waals surface area contributed by atoms with Crippen molar-refractivity contribution in [2.45, 2.75) is 38.8 Å². The number of hydrogen-bond donors (Lipinski definition) is 0. The Morgan fingerprint density at radius 1 is 0.690 bits per heavy atom. The van der Waals surface area contributed by atoms with Crippen molar-refractivity contribution in [2.24, 2.45) is 0 Å². The highest BCUT2D eigenvalue weighted by Gasteiger charge is 2.44. The van der Waals surface area contributed by atoms with Crippen molar-refractivity contribution in [3.05, 3.63) is 103 Å². The van der Waals surface area contributed by atoms with E-state index in [1.807, 2.05) is 0 Å². The number of allylic oxidation sites excluding steroid dienone is 2. The minimum atomic E-state index is -1.74. The van der Waals surface area contributed by atoms with Gasteiger partial charge in [-0.1, -0.05) is 66.7 Å². The Morgan fingerprint density at radius 3 is 1.52 bits per heavy atom. The number of alkyl halides is 1. The van der Waals surface area contributed by atoms with Crippen LogP contribution < -0.4 is 15.9 Å². The van der Waals surface area contributed by atoms with Gasteiger partial charge in [-0.2, -0.15) is 0 Å². The summed E-state index contributed by atoms with van der Waals surface area (Å²) < 4.78 is 13.0. The maximum absolute atomic E-state index is 13.0. The maximum atomic E-state index is 13.0. The van der Waals surface area contributed by atoms with Crippen molar-refractivity contribution in [2.75, 3.05) is 6.16 Å². The first-order chi connectivity index (χ1) is 14.2. The summed E-state index contributed by atoms with van der Waals surface area (Å²) in [6, 6.07) is 33.0. The standard InChI is InChI=1S/C27H31FP/c1-24(28)16-8-3-2-4-15-23-29(25-17-9-5-10-18-25,26-19-11-6-12-20-26)27-21-13-7-14-22-27/h2,4-7,9-14,17-22,24H,3,8,15-16,23H2,1H3/q+1/b4-2-. The molecule has 0 spiro atoms. The molecule has 0 aromatic heterocycles. The van der Waals surface area contributed by atoms with Gasteiger partial charge < -0.3 is 0 Å². The van der Waals surface area contributed by atoms with E-state index in [-0.39, 0.29) is 0 Å². The van der Waals surface area contributed by atoms with E-state index in [0.29, 0.717) is 6.42 Å². The molecule has 0 heterocycles. The van der Waals surface area contributed by atoms with Crippen molar-refractivity contribution in [3.8, 4) is 0 Å². The molecule has 3 aromatic carbocycles. The molecule has 0 fully saturated rings. The third-order valence-electron chi connectivity index (χ3n) is 5.36. The van der Waals surface area contributed by atoms with Gasteiger partial charge >= 0.3 is 0 Å². The van der Waals surface area contributed by atoms with Crippen LogP contribution in [-0.2, 0) is 0 Å². The fourth-order valence-electron chi connectivity index (χ4n) is 3.90. The first-order valence-corrected chi connectivity index (χ1v) is 12.5. The lowest BCUT2D eigenvalue weighted by molar-refractivity contribution is 0.335. The third kappa shape index (κ3) is 5.64. The number of unbranched alkanes of at least 4 members (excludes halogenated alkanes) is 1. The van der Waals surface area contributed by atoms with Gasteiger partial charge in [-0.3, -0.25) is 0 Å². The third-order valence-corrected chi connectivity index (χ3v) is 9.83. The zero-order valence-electron chi connectivity index (χ0n) is 17.3. The summed E-state index contributed by atoms with van der Waals surface area (Å²) in [4.78, 5) is 0. The Bertz CT molecular complexity index is 760. The van der Waals surface area contributed by atoms with E-state index < -0.39 is 13.4 Å². The zero-order valence-corrected chi connectivity index (χ0v) is 18.1. The highest BCUT2D eigenvalue weighted by molar-refractivity contribution is 7.95. The molecule has 1 atom stereocenters. The van der Waals surface area contributed by atoms with Crippen molar-refractivity contribution in [1.29, 1.82) is 0 Å². The average molecular weight is 406 g/mol. The van der Waals surface area contributed by atoms with Crippen LogP contribution in [-0.4, -0.2) is 12.3 Å². The lowest BCUT2D eigenvalue weighted by atomic mass is 10.2. The number of halogens is 1. The predicted octanol–water partition coefficient (Wildman–Crippen LogP) is 6.46. The first-order valence-electron chi connectivity index (χ1n) is 10.6. The number of benzene rings is 3. The second-order valence-corrected chi connectivity index (χ2v) is 11.1.